The Hall–Kier alpha value is -1.03. The summed E-state index contributed by atoms with van der Waals surface area (Å²) in [5.41, 5.74) is 0.0826. The molecule has 0 aromatic carbocycles. The fourth-order valence-corrected chi connectivity index (χ4v) is 2.47. The van der Waals surface area contributed by atoms with Crippen molar-refractivity contribution >= 4 is 0 Å². The Labute approximate surface area is 89.9 Å². The fraction of sp³-hybridized carbons (Fsp3) is 0.727. The smallest absolute Gasteiger partial charge is 0.162 e. The molecule has 0 amide bonds. The maximum absolute atomic E-state index is 10.6. The molecule has 0 atom stereocenters. The summed E-state index contributed by atoms with van der Waals surface area (Å²) < 4.78 is 6.97. The van der Waals surface area contributed by atoms with Crippen LogP contribution in [0.3, 0.4) is 0 Å². The molecule has 15 heavy (non-hydrogen) atoms. The SMILES string of the molecule is COc1cnn(C)c1C1(O)CCCCC1. The van der Waals surface area contributed by atoms with Gasteiger partial charge in [0.25, 0.3) is 0 Å². The van der Waals surface area contributed by atoms with Gasteiger partial charge in [-0.05, 0) is 12.8 Å². The van der Waals surface area contributed by atoms with E-state index >= 15 is 0 Å². The Morgan fingerprint density at radius 3 is 2.67 bits per heavy atom. The van der Waals surface area contributed by atoms with E-state index in [9.17, 15) is 5.11 Å². The third-order valence-electron chi connectivity index (χ3n) is 3.25. The molecule has 1 aromatic heterocycles. The zero-order valence-electron chi connectivity index (χ0n) is 9.36. The number of rotatable bonds is 2. The van der Waals surface area contributed by atoms with E-state index in [4.69, 9.17) is 4.74 Å². The molecule has 1 fully saturated rings. The maximum Gasteiger partial charge on any atom is 0.162 e. The van der Waals surface area contributed by atoms with Crippen LogP contribution >= 0.6 is 0 Å². The molecule has 0 saturated heterocycles. The molecule has 1 heterocycles. The summed E-state index contributed by atoms with van der Waals surface area (Å²) in [5, 5.41) is 14.7. The van der Waals surface area contributed by atoms with Crippen LogP contribution in [0.25, 0.3) is 0 Å². The quantitative estimate of drug-likeness (QED) is 0.806. The Morgan fingerprint density at radius 1 is 1.40 bits per heavy atom. The van der Waals surface area contributed by atoms with Crippen molar-refractivity contribution < 1.29 is 9.84 Å². The average molecular weight is 210 g/mol. The number of hydrogen-bond donors (Lipinski definition) is 1. The number of hydrogen-bond acceptors (Lipinski definition) is 3. The molecule has 0 unspecified atom stereocenters. The molecule has 1 aliphatic carbocycles. The Bertz CT molecular complexity index is 340. The number of methoxy groups -OCH3 is 1. The van der Waals surface area contributed by atoms with Crippen LogP contribution in [-0.2, 0) is 12.6 Å². The molecule has 84 valence electrons. The highest BCUT2D eigenvalue weighted by atomic mass is 16.5. The number of aromatic nitrogens is 2. The summed E-state index contributed by atoms with van der Waals surface area (Å²) in [4.78, 5) is 0. The lowest BCUT2D eigenvalue weighted by Gasteiger charge is -2.32. The summed E-state index contributed by atoms with van der Waals surface area (Å²) >= 11 is 0. The van der Waals surface area contributed by atoms with Gasteiger partial charge >= 0.3 is 0 Å². The van der Waals surface area contributed by atoms with E-state index in [1.165, 1.54) is 6.42 Å². The van der Waals surface area contributed by atoms with Crippen molar-refractivity contribution in [1.82, 2.24) is 9.78 Å². The van der Waals surface area contributed by atoms with E-state index in [0.29, 0.717) is 5.75 Å². The van der Waals surface area contributed by atoms with Gasteiger partial charge in [-0.3, -0.25) is 4.68 Å². The van der Waals surface area contributed by atoms with Crippen LogP contribution in [0.4, 0.5) is 0 Å². The van der Waals surface area contributed by atoms with Gasteiger partial charge in [-0.1, -0.05) is 19.3 Å². The highest BCUT2D eigenvalue weighted by Gasteiger charge is 2.36. The third-order valence-corrected chi connectivity index (χ3v) is 3.25. The van der Waals surface area contributed by atoms with Crippen LogP contribution in [0, 0.1) is 0 Å². The first-order valence-electron chi connectivity index (χ1n) is 5.46. The van der Waals surface area contributed by atoms with E-state index in [2.05, 4.69) is 5.10 Å². The molecule has 1 aliphatic rings. The van der Waals surface area contributed by atoms with Crippen LogP contribution in [0.2, 0.25) is 0 Å². The zero-order chi connectivity index (χ0) is 10.9. The first-order valence-corrected chi connectivity index (χ1v) is 5.46. The van der Waals surface area contributed by atoms with Gasteiger partial charge in [0.15, 0.2) is 5.75 Å². The molecule has 1 aromatic rings. The minimum atomic E-state index is -0.741. The van der Waals surface area contributed by atoms with Crippen LogP contribution in [0.15, 0.2) is 6.20 Å². The van der Waals surface area contributed by atoms with Crippen LogP contribution < -0.4 is 4.74 Å². The molecular formula is C11H18N2O2. The van der Waals surface area contributed by atoms with Crippen LogP contribution in [0.1, 0.15) is 37.8 Å². The molecule has 1 N–H and O–H groups in total. The lowest BCUT2D eigenvalue weighted by atomic mass is 9.82. The zero-order valence-corrected chi connectivity index (χ0v) is 9.36. The average Bonchev–Trinajstić information content (AvgIpc) is 2.61. The molecule has 1 saturated carbocycles. The fourth-order valence-electron chi connectivity index (χ4n) is 2.47. The summed E-state index contributed by atoms with van der Waals surface area (Å²) in [5.74, 6) is 0.696. The topological polar surface area (TPSA) is 47.3 Å². The van der Waals surface area contributed by atoms with Gasteiger partial charge in [0, 0.05) is 7.05 Å². The van der Waals surface area contributed by atoms with Crippen molar-refractivity contribution in [2.75, 3.05) is 7.11 Å². The minimum Gasteiger partial charge on any atom is -0.493 e. The summed E-state index contributed by atoms with van der Waals surface area (Å²) in [6.45, 7) is 0. The maximum atomic E-state index is 10.6. The standard InChI is InChI=1S/C11H18N2O2/c1-13-10(9(15-2)8-12-13)11(14)6-4-3-5-7-11/h8,14H,3-7H2,1-2H3. The first kappa shape index (κ1) is 10.5. The van der Waals surface area contributed by atoms with Crippen molar-refractivity contribution in [3.63, 3.8) is 0 Å². The molecular weight excluding hydrogens is 192 g/mol. The molecule has 0 radical (unpaired) electrons. The van der Waals surface area contributed by atoms with E-state index in [-0.39, 0.29) is 0 Å². The lowest BCUT2D eigenvalue weighted by molar-refractivity contribution is -0.00985. The van der Waals surface area contributed by atoms with Crippen molar-refractivity contribution in [1.29, 1.82) is 0 Å². The monoisotopic (exact) mass is 210 g/mol. The molecule has 2 rings (SSSR count). The van der Waals surface area contributed by atoms with Crippen molar-refractivity contribution in [3.8, 4) is 5.75 Å². The summed E-state index contributed by atoms with van der Waals surface area (Å²) in [7, 11) is 3.47. The number of aliphatic hydroxyl groups is 1. The highest BCUT2D eigenvalue weighted by molar-refractivity contribution is 5.31. The van der Waals surface area contributed by atoms with Crippen molar-refractivity contribution in [2.45, 2.75) is 37.7 Å². The van der Waals surface area contributed by atoms with Gasteiger partial charge in [-0.25, -0.2) is 0 Å². The Kier molecular flexibility index (Phi) is 2.69. The second-order valence-electron chi connectivity index (χ2n) is 4.28. The van der Waals surface area contributed by atoms with Gasteiger partial charge in [0.2, 0.25) is 0 Å². The predicted molar refractivity (Wildman–Crippen MR) is 56.7 cm³/mol. The molecule has 0 aliphatic heterocycles. The van der Waals surface area contributed by atoms with Gasteiger partial charge in [-0.15, -0.1) is 0 Å². The van der Waals surface area contributed by atoms with Crippen LogP contribution in [-0.4, -0.2) is 22.0 Å². The number of aryl methyl sites for hydroxylation is 1. The van der Waals surface area contributed by atoms with Crippen molar-refractivity contribution in [2.24, 2.45) is 7.05 Å². The number of ether oxygens (including phenoxy) is 1. The lowest BCUT2D eigenvalue weighted by Crippen LogP contribution is -2.31. The van der Waals surface area contributed by atoms with Gasteiger partial charge in [0.05, 0.1) is 13.3 Å². The summed E-state index contributed by atoms with van der Waals surface area (Å²) in [6.07, 6.45) is 6.64. The normalized spacial score (nSPS) is 20.2. The predicted octanol–water partition coefficient (Wildman–Crippen LogP) is 1.58. The van der Waals surface area contributed by atoms with E-state index in [1.807, 2.05) is 7.05 Å². The van der Waals surface area contributed by atoms with Crippen molar-refractivity contribution in [3.05, 3.63) is 11.9 Å². The largest absolute Gasteiger partial charge is 0.493 e. The number of nitrogens with zero attached hydrogens (tertiary/aromatic N) is 2. The van der Waals surface area contributed by atoms with E-state index in [1.54, 1.807) is 18.0 Å². The third kappa shape index (κ3) is 1.74. The molecule has 0 spiro atoms. The second-order valence-corrected chi connectivity index (χ2v) is 4.28. The van der Waals surface area contributed by atoms with Gasteiger partial charge < -0.3 is 9.84 Å². The van der Waals surface area contributed by atoms with Crippen LogP contribution in [0.5, 0.6) is 5.75 Å². The Morgan fingerprint density at radius 2 is 2.07 bits per heavy atom. The minimum absolute atomic E-state index is 0.696. The summed E-state index contributed by atoms with van der Waals surface area (Å²) in [6, 6.07) is 0. The molecule has 4 nitrogen and oxygen atoms in total. The molecule has 0 bridgehead atoms. The van der Waals surface area contributed by atoms with E-state index in [0.717, 1.165) is 31.4 Å². The van der Waals surface area contributed by atoms with Gasteiger partial charge in [-0.2, -0.15) is 5.10 Å². The second kappa shape index (κ2) is 3.85. The first-order chi connectivity index (χ1) is 7.17. The Balaban J connectivity index is 2.37. The molecule has 4 heteroatoms. The van der Waals surface area contributed by atoms with Gasteiger partial charge in [0.1, 0.15) is 11.3 Å². The highest BCUT2D eigenvalue weighted by Crippen LogP contribution is 2.40. The van der Waals surface area contributed by atoms with E-state index < -0.39 is 5.60 Å².